The van der Waals surface area contributed by atoms with Gasteiger partial charge < -0.3 is 14.0 Å². The van der Waals surface area contributed by atoms with Gasteiger partial charge >= 0.3 is 0 Å². The molecule has 3 heterocycles. The number of carbonyl (C=O) groups is 1. The van der Waals surface area contributed by atoms with Crippen molar-refractivity contribution in [2.24, 2.45) is 0 Å². The van der Waals surface area contributed by atoms with E-state index in [0.717, 1.165) is 74.2 Å². The molecule has 0 unspecified atom stereocenters. The minimum absolute atomic E-state index is 0.0967. The van der Waals surface area contributed by atoms with E-state index in [1.165, 1.54) is 0 Å². The van der Waals surface area contributed by atoms with Crippen molar-refractivity contribution in [3.63, 3.8) is 0 Å². The monoisotopic (exact) mass is 463 g/mol. The first-order chi connectivity index (χ1) is 16.7. The molecule has 3 aromatic rings. The van der Waals surface area contributed by atoms with Crippen LogP contribution in [0, 0.1) is 0 Å². The minimum atomic E-state index is -0.0967. The van der Waals surface area contributed by atoms with Gasteiger partial charge in [0.25, 0.3) is 0 Å². The van der Waals surface area contributed by atoms with Crippen molar-refractivity contribution in [1.82, 2.24) is 19.5 Å². The molecule has 1 aliphatic carbocycles. The van der Waals surface area contributed by atoms with E-state index in [4.69, 9.17) is 14.5 Å². The van der Waals surface area contributed by atoms with Crippen molar-refractivity contribution in [1.29, 1.82) is 0 Å². The zero-order valence-electron chi connectivity index (χ0n) is 19.8. The molecule has 34 heavy (non-hydrogen) atoms. The van der Waals surface area contributed by atoms with E-state index in [1.807, 2.05) is 24.5 Å². The zero-order valence-corrected chi connectivity index (χ0v) is 19.8. The highest BCUT2D eigenvalue weighted by Crippen LogP contribution is 2.34. The smallest absolute Gasteiger partial charge is 0.229 e. The summed E-state index contributed by atoms with van der Waals surface area (Å²) in [6.45, 7) is 1.56. The van der Waals surface area contributed by atoms with Crippen LogP contribution in [0.4, 0.5) is 5.95 Å². The number of aryl methyl sites for hydroxylation is 1. The SMILES string of the molecule is COC1CCC(n2c(CCC(=O)Nc3ncc(C4CCOCC4)cn3)nc3ccccc32)CC1. The number of carbonyl (C=O) groups excluding carboxylic acids is 1. The number of hydrogen-bond donors (Lipinski definition) is 1. The molecule has 1 saturated carbocycles. The van der Waals surface area contributed by atoms with E-state index in [1.54, 1.807) is 7.11 Å². The Labute approximate surface area is 200 Å². The maximum absolute atomic E-state index is 12.7. The van der Waals surface area contributed by atoms with Gasteiger partial charge in [-0.05, 0) is 62.1 Å². The predicted molar refractivity (Wildman–Crippen MR) is 130 cm³/mol. The highest BCUT2D eigenvalue weighted by molar-refractivity contribution is 5.89. The number of nitrogens with one attached hydrogen (secondary N) is 1. The molecule has 1 aromatic carbocycles. The molecule has 1 saturated heterocycles. The van der Waals surface area contributed by atoms with E-state index in [9.17, 15) is 4.79 Å². The van der Waals surface area contributed by atoms with Crippen LogP contribution >= 0.6 is 0 Å². The molecule has 180 valence electrons. The molecule has 8 nitrogen and oxygen atoms in total. The van der Waals surface area contributed by atoms with Crippen molar-refractivity contribution in [3.05, 3.63) is 48.0 Å². The number of anilines is 1. The molecule has 0 radical (unpaired) electrons. The highest BCUT2D eigenvalue weighted by Gasteiger charge is 2.26. The number of rotatable bonds is 7. The maximum atomic E-state index is 12.7. The van der Waals surface area contributed by atoms with E-state index < -0.39 is 0 Å². The molecule has 0 bridgehead atoms. The molecule has 2 aliphatic rings. The van der Waals surface area contributed by atoms with E-state index in [-0.39, 0.29) is 5.91 Å². The van der Waals surface area contributed by atoms with Crippen molar-refractivity contribution in [2.75, 3.05) is 25.6 Å². The average Bonchev–Trinajstić information content (AvgIpc) is 3.27. The molecule has 0 atom stereocenters. The number of hydrogen-bond acceptors (Lipinski definition) is 6. The topological polar surface area (TPSA) is 91.2 Å². The lowest BCUT2D eigenvalue weighted by atomic mass is 9.92. The third kappa shape index (κ3) is 5.13. The third-order valence-electron chi connectivity index (χ3n) is 7.20. The average molecular weight is 464 g/mol. The number of methoxy groups -OCH3 is 1. The Kier molecular flexibility index (Phi) is 7.16. The number of amides is 1. The molecule has 2 fully saturated rings. The Morgan fingerprint density at radius 3 is 2.56 bits per heavy atom. The molecular formula is C26H33N5O3. The molecule has 1 amide bonds. The number of nitrogens with zero attached hydrogens (tertiary/aromatic N) is 4. The van der Waals surface area contributed by atoms with Crippen LogP contribution in [-0.4, -0.2) is 51.9 Å². The summed E-state index contributed by atoms with van der Waals surface area (Å²) in [4.78, 5) is 26.3. The standard InChI is InChI=1S/C26H33N5O3/c1-33-21-8-6-20(7-9-21)31-23-5-3-2-4-22(23)29-24(31)10-11-25(32)30-26-27-16-19(17-28-26)18-12-14-34-15-13-18/h2-5,16-18,20-21H,6-15H2,1H3,(H,27,28,30,32). The second-order valence-electron chi connectivity index (χ2n) is 9.33. The van der Waals surface area contributed by atoms with Gasteiger partial charge in [-0.3, -0.25) is 10.1 Å². The van der Waals surface area contributed by atoms with Crippen LogP contribution in [0.3, 0.4) is 0 Å². The molecule has 1 N–H and O–H groups in total. The first-order valence-corrected chi connectivity index (χ1v) is 12.4. The van der Waals surface area contributed by atoms with Crippen LogP contribution in [0.2, 0.25) is 0 Å². The summed E-state index contributed by atoms with van der Waals surface area (Å²) in [6.07, 6.45) is 11.1. The molecule has 0 spiro atoms. The summed E-state index contributed by atoms with van der Waals surface area (Å²) in [6, 6.07) is 8.63. The quantitative estimate of drug-likeness (QED) is 0.558. The van der Waals surface area contributed by atoms with Gasteiger partial charge in [0.1, 0.15) is 5.82 Å². The predicted octanol–water partition coefficient (Wildman–Crippen LogP) is 4.42. The number of aromatic nitrogens is 4. The number of fused-ring (bicyclic) bond motifs is 1. The van der Waals surface area contributed by atoms with E-state index in [0.29, 0.717) is 36.9 Å². The van der Waals surface area contributed by atoms with Gasteiger partial charge in [-0.25, -0.2) is 15.0 Å². The zero-order chi connectivity index (χ0) is 23.3. The summed E-state index contributed by atoms with van der Waals surface area (Å²) in [5, 5.41) is 2.85. The fraction of sp³-hybridized carbons (Fsp3) is 0.538. The van der Waals surface area contributed by atoms with Gasteiger partial charge in [0.05, 0.1) is 17.1 Å². The lowest BCUT2D eigenvalue weighted by molar-refractivity contribution is -0.116. The van der Waals surface area contributed by atoms with Crippen LogP contribution in [-0.2, 0) is 20.7 Å². The van der Waals surface area contributed by atoms with Gasteiger partial charge in [-0.1, -0.05) is 12.1 Å². The summed E-state index contributed by atoms with van der Waals surface area (Å²) in [7, 11) is 1.80. The minimum Gasteiger partial charge on any atom is -0.381 e. The first-order valence-electron chi connectivity index (χ1n) is 12.4. The van der Waals surface area contributed by atoms with Gasteiger partial charge in [0.2, 0.25) is 11.9 Å². The van der Waals surface area contributed by atoms with Crippen LogP contribution in [0.1, 0.15) is 68.3 Å². The summed E-state index contributed by atoms with van der Waals surface area (Å²) in [5.74, 6) is 1.66. The number of para-hydroxylation sites is 2. The Hall–Kier alpha value is -2.84. The van der Waals surface area contributed by atoms with Crippen LogP contribution in [0.15, 0.2) is 36.7 Å². The fourth-order valence-corrected chi connectivity index (χ4v) is 5.27. The van der Waals surface area contributed by atoms with Crippen molar-refractivity contribution in [2.45, 2.75) is 69.4 Å². The third-order valence-corrected chi connectivity index (χ3v) is 7.20. The van der Waals surface area contributed by atoms with Gasteiger partial charge in [0.15, 0.2) is 0 Å². The number of imidazole rings is 1. The van der Waals surface area contributed by atoms with Gasteiger partial charge in [-0.2, -0.15) is 0 Å². The van der Waals surface area contributed by atoms with Crippen molar-refractivity contribution < 1.29 is 14.3 Å². The summed E-state index contributed by atoms with van der Waals surface area (Å²) >= 11 is 0. The summed E-state index contributed by atoms with van der Waals surface area (Å²) < 4.78 is 13.3. The van der Waals surface area contributed by atoms with Crippen LogP contribution < -0.4 is 5.32 Å². The molecule has 1 aliphatic heterocycles. The second-order valence-corrected chi connectivity index (χ2v) is 9.33. The largest absolute Gasteiger partial charge is 0.381 e. The Morgan fingerprint density at radius 2 is 1.82 bits per heavy atom. The van der Waals surface area contributed by atoms with E-state index >= 15 is 0 Å². The Morgan fingerprint density at radius 1 is 1.09 bits per heavy atom. The summed E-state index contributed by atoms with van der Waals surface area (Å²) in [5.41, 5.74) is 3.24. The van der Waals surface area contributed by atoms with Crippen LogP contribution in [0.25, 0.3) is 11.0 Å². The van der Waals surface area contributed by atoms with Gasteiger partial charge in [0, 0.05) is 51.6 Å². The molecule has 2 aromatic heterocycles. The fourth-order valence-electron chi connectivity index (χ4n) is 5.27. The number of ether oxygens (including phenoxy) is 2. The van der Waals surface area contributed by atoms with Crippen molar-refractivity contribution >= 4 is 22.9 Å². The normalized spacial score (nSPS) is 21.6. The second kappa shape index (κ2) is 10.6. The first kappa shape index (κ1) is 22.9. The number of benzene rings is 1. The van der Waals surface area contributed by atoms with E-state index in [2.05, 4.69) is 32.0 Å². The Bertz CT molecular complexity index is 1100. The van der Waals surface area contributed by atoms with Crippen molar-refractivity contribution in [3.8, 4) is 0 Å². The molecular weight excluding hydrogens is 430 g/mol. The maximum Gasteiger partial charge on any atom is 0.229 e. The molecule has 5 rings (SSSR count). The van der Waals surface area contributed by atoms with Gasteiger partial charge in [-0.15, -0.1) is 0 Å². The lowest BCUT2D eigenvalue weighted by Crippen LogP contribution is -2.24. The Balaban J connectivity index is 1.23. The molecule has 8 heteroatoms. The highest BCUT2D eigenvalue weighted by atomic mass is 16.5. The lowest BCUT2D eigenvalue weighted by Gasteiger charge is -2.30. The van der Waals surface area contributed by atoms with Crippen LogP contribution in [0.5, 0.6) is 0 Å².